The topological polar surface area (TPSA) is 79.4 Å². The summed E-state index contributed by atoms with van der Waals surface area (Å²) in [6, 6.07) is 10.3. The molecule has 0 aliphatic carbocycles. The van der Waals surface area contributed by atoms with Gasteiger partial charge in [-0.2, -0.15) is 4.31 Å². The highest BCUT2D eigenvalue weighted by Crippen LogP contribution is 2.29. The van der Waals surface area contributed by atoms with E-state index < -0.39 is 15.9 Å². The zero-order valence-electron chi connectivity index (χ0n) is 18.4. The van der Waals surface area contributed by atoms with Gasteiger partial charge in [0, 0.05) is 29.6 Å². The summed E-state index contributed by atoms with van der Waals surface area (Å²) in [5, 5.41) is 5.17. The third-order valence-electron chi connectivity index (χ3n) is 5.28. The lowest BCUT2D eigenvalue weighted by Crippen LogP contribution is -2.30. The first-order valence-electron chi connectivity index (χ1n) is 10.1. The molecule has 0 saturated heterocycles. The number of sulfonamides is 1. The molecule has 164 valence electrons. The summed E-state index contributed by atoms with van der Waals surface area (Å²) in [7, 11) is -3.63. The summed E-state index contributed by atoms with van der Waals surface area (Å²) in [6.07, 6.45) is 0. The lowest BCUT2D eigenvalue weighted by molar-refractivity contribution is 0.102. The number of nitrogens with one attached hydrogen (secondary N) is 1. The SMILES string of the molecule is CCN(CC)S(=O)(=O)c1cccc(C(=O)Nc2nc(-c3cc(C)c(C)cc3C)cs2)c1. The second-order valence-electron chi connectivity index (χ2n) is 7.36. The van der Waals surface area contributed by atoms with Crippen molar-refractivity contribution in [1.82, 2.24) is 9.29 Å². The van der Waals surface area contributed by atoms with Gasteiger partial charge in [-0.15, -0.1) is 11.3 Å². The third-order valence-corrected chi connectivity index (χ3v) is 8.08. The van der Waals surface area contributed by atoms with Crippen LogP contribution in [0, 0.1) is 20.8 Å². The van der Waals surface area contributed by atoms with Gasteiger partial charge in [0.2, 0.25) is 10.0 Å². The molecule has 8 heteroatoms. The van der Waals surface area contributed by atoms with Crippen LogP contribution in [0.2, 0.25) is 0 Å². The first kappa shape index (κ1) is 23.1. The Morgan fingerprint density at radius 2 is 1.71 bits per heavy atom. The molecule has 6 nitrogen and oxygen atoms in total. The number of hydrogen-bond donors (Lipinski definition) is 1. The minimum absolute atomic E-state index is 0.106. The maximum absolute atomic E-state index is 12.8. The zero-order valence-corrected chi connectivity index (χ0v) is 20.0. The largest absolute Gasteiger partial charge is 0.298 e. The first-order valence-corrected chi connectivity index (χ1v) is 12.4. The maximum Gasteiger partial charge on any atom is 0.257 e. The Kier molecular flexibility index (Phi) is 6.93. The summed E-state index contributed by atoms with van der Waals surface area (Å²) in [5.74, 6) is -0.394. The molecule has 0 unspecified atom stereocenters. The van der Waals surface area contributed by atoms with Gasteiger partial charge in [-0.1, -0.05) is 26.0 Å². The Bertz CT molecular complexity index is 1210. The molecule has 31 heavy (non-hydrogen) atoms. The van der Waals surface area contributed by atoms with Crippen molar-refractivity contribution >= 4 is 32.4 Å². The first-order chi connectivity index (χ1) is 14.7. The van der Waals surface area contributed by atoms with Gasteiger partial charge in [0.1, 0.15) is 0 Å². The standard InChI is InChI=1S/C23H27N3O3S2/c1-6-26(7-2)31(28,29)19-10-8-9-18(13-19)22(27)25-23-24-21(14-30-23)20-12-16(4)15(3)11-17(20)5/h8-14H,6-7H2,1-5H3,(H,24,25,27). The molecule has 0 saturated carbocycles. The van der Waals surface area contributed by atoms with Crippen molar-refractivity contribution in [3.8, 4) is 11.3 Å². The monoisotopic (exact) mass is 457 g/mol. The van der Waals surface area contributed by atoms with Crippen molar-refractivity contribution in [3.63, 3.8) is 0 Å². The molecule has 1 amide bonds. The molecule has 0 fully saturated rings. The fourth-order valence-electron chi connectivity index (χ4n) is 3.37. The predicted molar refractivity (Wildman–Crippen MR) is 126 cm³/mol. The fraction of sp³-hybridized carbons (Fsp3) is 0.304. The van der Waals surface area contributed by atoms with E-state index in [-0.39, 0.29) is 10.5 Å². The van der Waals surface area contributed by atoms with Gasteiger partial charge in [-0.25, -0.2) is 13.4 Å². The number of anilines is 1. The average molecular weight is 458 g/mol. The number of carbonyl (C=O) groups excluding carboxylic acids is 1. The highest BCUT2D eigenvalue weighted by Gasteiger charge is 2.22. The number of thiazole rings is 1. The minimum atomic E-state index is -3.63. The van der Waals surface area contributed by atoms with Gasteiger partial charge in [0.25, 0.3) is 5.91 Å². The van der Waals surface area contributed by atoms with Crippen molar-refractivity contribution in [2.45, 2.75) is 39.5 Å². The van der Waals surface area contributed by atoms with Gasteiger partial charge < -0.3 is 0 Å². The molecule has 3 aromatic rings. The Balaban J connectivity index is 1.83. The molecule has 0 aliphatic rings. The summed E-state index contributed by atoms with van der Waals surface area (Å²) < 4.78 is 26.9. The Hall–Kier alpha value is -2.55. The van der Waals surface area contributed by atoms with Crippen LogP contribution in [0.1, 0.15) is 40.9 Å². The van der Waals surface area contributed by atoms with Crippen molar-refractivity contribution in [2.24, 2.45) is 0 Å². The normalized spacial score (nSPS) is 11.7. The van der Waals surface area contributed by atoms with E-state index in [4.69, 9.17) is 0 Å². The number of aryl methyl sites for hydroxylation is 3. The molecule has 0 aliphatic heterocycles. The third kappa shape index (κ3) is 4.87. The van der Waals surface area contributed by atoms with E-state index in [0.29, 0.717) is 18.2 Å². The molecule has 0 radical (unpaired) electrons. The summed E-state index contributed by atoms with van der Waals surface area (Å²) in [6.45, 7) is 10.5. The number of rotatable bonds is 7. The molecule has 3 rings (SSSR count). The van der Waals surface area contributed by atoms with Crippen LogP contribution in [0.5, 0.6) is 0 Å². The lowest BCUT2D eigenvalue weighted by Gasteiger charge is -2.18. The number of carbonyl (C=O) groups is 1. The summed E-state index contributed by atoms with van der Waals surface area (Å²) in [4.78, 5) is 17.4. The zero-order chi connectivity index (χ0) is 22.8. The molecule has 2 aromatic carbocycles. The van der Waals surface area contributed by atoms with Crippen molar-refractivity contribution < 1.29 is 13.2 Å². The number of benzene rings is 2. The minimum Gasteiger partial charge on any atom is -0.298 e. The van der Waals surface area contributed by atoms with Gasteiger partial charge in [0.15, 0.2) is 5.13 Å². The van der Waals surface area contributed by atoms with Gasteiger partial charge >= 0.3 is 0 Å². The van der Waals surface area contributed by atoms with Crippen LogP contribution in [0.3, 0.4) is 0 Å². The molecule has 0 atom stereocenters. The van der Waals surface area contributed by atoms with Crippen LogP contribution in [-0.2, 0) is 10.0 Å². The van der Waals surface area contributed by atoms with E-state index in [1.54, 1.807) is 26.0 Å². The van der Waals surface area contributed by atoms with E-state index in [2.05, 4.69) is 36.3 Å². The molecule has 1 heterocycles. The molecule has 1 N–H and O–H groups in total. The Morgan fingerprint density at radius 1 is 1.03 bits per heavy atom. The van der Waals surface area contributed by atoms with Crippen molar-refractivity contribution in [1.29, 1.82) is 0 Å². The average Bonchev–Trinajstić information content (AvgIpc) is 3.19. The van der Waals surface area contributed by atoms with Crippen LogP contribution in [0.4, 0.5) is 5.13 Å². The molecule has 0 spiro atoms. The smallest absolute Gasteiger partial charge is 0.257 e. The van der Waals surface area contributed by atoms with E-state index in [0.717, 1.165) is 16.8 Å². The lowest BCUT2D eigenvalue weighted by atomic mass is 9.99. The van der Waals surface area contributed by atoms with E-state index in [1.807, 2.05) is 12.3 Å². The molecular formula is C23H27N3O3S2. The summed E-state index contributed by atoms with van der Waals surface area (Å²) >= 11 is 1.34. The van der Waals surface area contributed by atoms with Crippen LogP contribution in [0.25, 0.3) is 11.3 Å². The molecule has 1 aromatic heterocycles. The number of nitrogens with zero attached hydrogens (tertiary/aromatic N) is 2. The van der Waals surface area contributed by atoms with Crippen LogP contribution in [-0.4, -0.2) is 36.7 Å². The van der Waals surface area contributed by atoms with E-state index in [1.165, 1.54) is 38.9 Å². The highest BCUT2D eigenvalue weighted by molar-refractivity contribution is 7.89. The second-order valence-corrected chi connectivity index (χ2v) is 10.2. The maximum atomic E-state index is 12.8. The second kappa shape index (κ2) is 9.30. The number of aromatic nitrogens is 1. The van der Waals surface area contributed by atoms with Gasteiger partial charge in [-0.05, 0) is 61.7 Å². The Labute approximate surface area is 188 Å². The van der Waals surface area contributed by atoms with Crippen molar-refractivity contribution in [2.75, 3.05) is 18.4 Å². The van der Waals surface area contributed by atoms with Gasteiger partial charge in [0.05, 0.1) is 10.6 Å². The van der Waals surface area contributed by atoms with E-state index >= 15 is 0 Å². The van der Waals surface area contributed by atoms with Crippen LogP contribution < -0.4 is 5.32 Å². The summed E-state index contributed by atoms with van der Waals surface area (Å²) in [5.41, 5.74) is 5.65. The van der Waals surface area contributed by atoms with Crippen LogP contribution in [0.15, 0.2) is 46.7 Å². The number of hydrogen-bond acceptors (Lipinski definition) is 5. The van der Waals surface area contributed by atoms with Crippen molar-refractivity contribution in [3.05, 3.63) is 64.0 Å². The molecular weight excluding hydrogens is 430 g/mol. The van der Waals surface area contributed by atoms with E-state index in [9.17, 15) is 13.2 Å². The number of amides is 1. The highest BCUT2D eigenvalue weighted by atomic mass is 32.2. The van der Waals surface area contributed by atoms with Crippen LogP contribution >= 0.6 is 11.3 Å². The Morgan fingerprint density at radius 3 is 2.39 bits per heavy atom. The van der Waals surface area contributed by atoms with Gasteiger partial charge in [-0.3, -0.25) is 10.1 Å². The fourth-order valence-corrected chi connectivity index (χ4v) is 5.58. The molecule has 0 bridgehead atoms. The quantitative estimate of drug-likeness (QED) is 0.540. The predicted octanol–water partition coefficient (Wildman–Crippen LogP) is 5.02.